The molecule has 196 valence electrons. The number of aromatic nitrogens is 2. The Morgan fingerprint density at radius 1 is 1.00 bits per heavy atom. The zero-order valence-corrected chi connectivity index (χ0v) is 23.8. The van der Waals surface area contributed by atoms with E-state index in [1.54, 1.807) is 48.0 Å². The number of imidazole rings is 1. The van der Waals surface area contributed by atoms with Crippen molar-refractivity contribution in [2.24, 2.45) is 0 Å². The molecule has 3 heterocycles. The molecule has 0 unspecified atom stereocenters. The van der Waals surface area contributed by atoms with Gasteiger partial charge in [0.1, 0.15) is 11.5 Å². The number of hydrogen-bond acceptors (Lipinski definition) is 9. The highest BCUT2D eigenvalue weighted by Crippen LogP contribution is 2.45. The van der Waals surface area contributed by atoms with Crippen molar-refractivity contribution in [1.29, 1.82) is 0 Å². The van der Waals surface area contributed by atoms with Crippen molar-refractivity contribution in [2.75, 3.05) is 27.4 Å². The van der Waals surface area contributed by atoms with Gasteiger partial charge in [0.2, 0.25) is 0 Å². The summed E-state index contributed by atoms with van der Waals surface area (Å²) in [6.45, 7) is 7.44. The third-order valence-electron chi connectivity index (χ3n) is 5.98. The Labute approximate surface area is 227 Å². The fourth-order valence-corrected chi connectivity index (χ4v) is 5.85. The summed E-state index contributed by atoms with van der Waals surface area (Å²) in [5.74, 6) is -0.700. The quantitative estimate of drug-likeness (QED) is 0.358. The Kier molecular flexibility index (Phi) is 7.93. The second kappa shape index (κ2) is 11.0. The molecule has 0 saturated heterocycles. The highest BCUT2D eigenvalue weighted by atomic mass is 79.9. The number of ether oxygens (including phenoxy) is 4. The molecule has 0 aliphatic carbocycles. The van der Waals surface area contributed by atoms with Crippen LogP contribution >= 0.6 is 27.3 Å². The summed E-state index contributed by atoms with van der Waals surface area (Å²) >= 11 is 4.98. The molecule has 0 saturated carbocycles. The molecule has 1 N–H and O–H groups in total. The number of carbonyl (C=O) groups is 2. The number of rotatable bonds is 8. The standard InChI is InChI=1S/C26H28BrN3O6S/c1-7-35-24(31)19-13(3)28-14(4)20(25(32)36-8-2)21(19)23-22(29-26-30(23)12-18(27)37-26)15-9-16(33-5)11-17(10-15)34-6/h9-12,21,28H,7-8H2,1-6H3. The average molecular weight is 590 g/mol. The van der Waals surface area contributed by atoms with E-state index in [1.165, 1.54) is 11.3 Å². The van der Waals surface area contributed by atoms with Crippen LogP contribution in [-0.2, 0) is 19.1 Å². The lowest BCUT2D eigenvalue weighted by atomic mass is 9.81. The zero-order valence-electron chi connectivity index (χ0n) is 21.4. The number of allylic oxidation sites excluding steroid dienone is 2. The van der Waals surface area contributed by atoms with Gasteiger partial charge in [0, 0.05) is 29.2 Å². The number of methoxy groups -OCH3 is 2. The fraction of sp³-hybridized carbons (Fsp3) is 0.346. The number of nitrogens with zero attached hydrogens (tertiary/aromatic N) is 2. The molecule has 0 atom stereocenters. The first-order valence-corrected chi connectivity index (χ1v) is 13.3. The van der Waals surface area contributed by atoms with Gasteiger partial charge >= 0.3 is 11.9 Å². The van der Waals surface area contributed by atoms with Gasteiger partial charge in [-0.1, -0.05) is 11.3 Å². The second-order valence-electron chi connectivity index (χ2n) is 8.21. The summed E-state index contributed by atoms with van der Waals surface area (Å²) < 4.78 is 24.6. The predicted molar refractivity (Wildman–Crippen MR) is 144 cm³/mol. The number of dihydropyridines is 1. The first kappa shape index (κ1) is 26.7. The number of nitrogens with one attached hydrogen (secondary N) is 1. The van der Waals surface area contributed by atoms with Gasteiger partial charge in [-0.25, -0.2) is 14.6 Å². The molecule has 2 aromatic heterocycles. The molecule has 1 aliphatic rings. The number of thiazole rings is 1. The summed E-state index contributed by atoms with van der Waals surface area (Å²) in [5, 5.41) is 3.18. The highest BCUT2D eigenvalue weighted by molar-refractivity contribution is 9.11. The number of carbonyl (C=O) groups excluding carboxylic acids is 2. The Balaban J connectivity index is 2.08. The number of esters is 2. The highest BCUT2D eigenvalue weighted by Gasteiger charge is 2.41. The lowest BCUT2D eigenvalue weighted by Gasteiger charge is -2.30. The van der Waals surface area contributed by atoms with Crippen molar-refractivity contribution in [2.45, 2.75) is 33.6 Å². The Bertz CT molecular complexity index is 1380. The number of halogens is 1. The van der Waals surface area contributed by atoms with Crippen LogP contribution in [0.2, 0.25) is 0 Å². The van der Waals surface area contributed by atoms with E-state index in [2.05, 4.69) is 21.2 Å². The molecule has 9 nitrogen and oxygen atoms in total. The van der Waals surface area contributed by atoms with Crippen LogP contribution in [0.3, 0.4) is 0 Å². The molecule has 3 aromatic rings. The van der Waals surface area contributed by atoms with Crippen LogP contribution in [0.25, 0.3) is 16.2 Å². The molecular weight excluding hydrogens is 562 g/mol. The van der Waals surface area contributed by atoms with Crippen LogP contribution in [0.5, 0.6) is 11.5 Å². The molecule has 37 heavy (non-hydrogen) atoms. The van der Waals surface area contributed by atoms with Gasteiger partial charge in [-0.3, -0.25) is 4.40 Å². The summed E-state index contributed by atoms with van der Waals surface area (Å²) in [7, 11) is 3.15. The monoisotopic (exact) mass is 589 g/mol. The second-order valence-corrected chi connectivity index (χ2v) is 10.6. The fourth-order valence-electron chi connectivity index (χ4n) is 4.49. The topological polar surface area (TPSA) is 100 Å². The maximum absolute atomic E-state index is 13.4. The van der Waals surface area contributed by atoms with E-state index >= 15 is 0 Å². The molecule has 4 rings (SSSR count). The van der Waals surface area contributed by atoms with Crippen molar-refractivity contribution < 1.29 is 28.5 Å². The lowest BCUT2D eigenvalue weighted by molar-refractivity contribution is -0.139. The molecule has 0 radical (unpaired) electrons. The minimum Gasteiger partial charge on any atom is -0.497 e. The maximum atomic E-state index is 13.4. The predicted octanol–water partition coefficient (Wildman–Crippen LogP) is 5.20. The molecule has 0 fully saturated rings. The third kappa shape index (κ3) is 4.97. The van der Waals surface area contributed by atoms with E-state index in [0.29, 0.717) is 56.0 Å². The Morgan fingerprint density at radius 3 is 2.03 bits per heavy atom. The van der Waals surface area contributed by atoms with Crippen LogP contribution in [0, 0.1) is 0 Å². The first-order chi connectivity index (χ1) is 17.7. The Hall–Kier alpha value is -3.31. The van der Waals surface area contributed by atoms with Crippen molar-refractivity contribution in [3.63, 3.8) is 0 Å². The van der Waals surface area contributed by atoms with Crippen LogP contribution in [0.4, 0.5) is 0 Å². The minimum atomic E-state index is -0.817. The van der Waals surface area contributed by atoms with Crippen LogP contribution < -0.4 is 14.8 Å². The van der Waals surface area contributed by atoms with Crippen molar-refractivity contribution in [1.82, 2.24) is 14.7 Å². The van der Waals surface area contributed by atoms with Crippen molar-refractivity contribution >= 4 is 44.2 Å². The molecule has 0 bridgehead atoms. The number of benzene rings is 1. The van der Waals surface area contributed by atoms with E-state index < -0.39 is 17.9 Å². The van der Waals surface area contributed by atoms with Gasteiger partial charge in [0.15, 0.2) is 4.96 Å². The van der Waals surface area contributed by atoms with Crippen molar-refractivity contribution in [3.8, 4) is 22.8 Å². The molecule has 0 amide bonds. The molecule has 1 aromatic carbocycles. The van der Waals surface area contributed by atoms with Gasteiger partial charge in [0.05, 0.1) is 59.7 Å². The third-order valence-corrected chi connectivity index (χ3v) is 7.45. The van der Waals surface area contributed by atoms with Gasteiger partial charge in [-0.15, -0.1) is 0 Å². The maximum Gasteiger partial charge on any atom is 0.336 e. The lowest BCUT2D eigenvalue weighted by Crippen LogP contribution is -2.33. The van der Waals surface area contributed by atoms with E-state index in [-0.39, 0.29) is 13.2 Å². The SMILES string of the molecule is CCOC(=O)C1=C(C)NC(C)=C(C(=O)OCC)C1c1c(-c2cc(OC)cc(OC)c2)nc2sc(Br)cn12. The summed E-state index contributed by atoms with van der Waals surface area (Å²) in [4.78, 5) is 32.3. The minimum absolute atomic E-state index is 0.186. The normalized spacial score (nSPS) is 14.1. The molecule has 11 heteroatoms. The summed E-state index contributed by atoms with van der Waals surface area (Å²) in [6.07, 6.45) is 1.88. The van der Waals surface area contributed by atoms with Crippen molar-refractivity contribution in [3.05, 3.63) is 56.4 Å². The first-order valence-electron chi connectivity index (χ1n) is 11.7. The van der Waals surface area contributed by atoms with Crippen LogP contribution in [0.15, 0.2) is 50.7 Å². The van der Waals surface area contributed by atoms with Gasteiger partial charge < -0.3 is 24.3 Å². The Morgan fingerprint density at radius 2 is 1.54 bits per heavy atom. The largest absolute Gasteiger partial charge is 0.497 e. The van der Waals surface area contributed by atoms with Crippen LogP contribution in [0.1, 0.15) is 39.3 Å². The number of hydrogen-bond donors (Lipinski definition) is 1. The van der Waals surface area contributed by atoms with E-state index in [1.807, 2.05) is 22.7 Å². The van der Waals surface area contributed by atoms with E-state index in [4.69, 9.17) is 23.9 Å². The van der Waals surface area contributed by atoms with E-state index in [0.717, 1.165) is 3.79 Å². The number of fused-ring (bicyclic) bond motifs is 1. The van der Waals surface area contributed by atoms with E-state index in [9.17, 15) is 9.59 Å². The molecule has 1 aliphatic heterocycles. The van der Waals surface area contributed by atoms with Gasteiger partial charge in [-0.2, -0.15) is 0 Å². The van der Waals surface area contributed by atoms with Crippen LogP contribution in [-0.4, -0.2) is 48.8 Å². The molecular formula is C26H28BrN3O6S. The average Bonchev–Trinajstić information content (AvgIpc) is 3.39. The van der Waals surface area contributed by atoms with Gasteiger partial charge in [0.25, 0.3) is 0 Å². The zero-order chi connectivity index (χ0) is 26.9. The molecule has 0 spiro atoms. The van der Waals surface area contributed by atoms with Gasteiger partial charge in [-0.05, 0) is 55.8 Å². The smallest absolute Gasteiger partial charge is 0.336 e. The summed E-state index contributed by atoms with van der Waals surface area (Å²) in [5.41, 5.74) is 3.72. The summed E-state index contributed by atoms with van der Waals surface area (Å²) in [6, 6.07) is 5.45.